The largest absolute Gasteiger partial charge is 0.477 e. The number of carbonyl (C=O) groups excluding carboxylic acids is 1. The van der Waals surface area contributed by atoms with E-state index in [1.807, 2.05) is 19.0 Å². The number of nitrogens with one attached hydrogen (secondary N) is 2. The molecule has 3 aliphatic heterocycles. The molecule has 3 aliphatic rings. The highest BCUT2D eigenvalue weighted by Crippen LogP contribution is 2.40. The fourth-order valence-corrected chi connectivity index (χ4v) is 4.94. The lowest BCUT2D eigenvalue weighted by Gasteiger charge is -2.49. The maximum absolute atomic E-state index is 12.6. The van der Waals surface area contributed by atoms with Crippen LogP contribution in [0.5, 0.6) is 0 Å². The zero-order chi connectivity index (χ0) is 20.0. The normalized spacial score (nSPS) is 26.2. The van der Waals surface area contributed by atoms with Gasteiger partial charge in [0.05, 0.1) is 12.6 Å². The van der Waals surface area contributed by atoms with E-state index in [2.05, 4.69) is 39.9 Å². The number of aliphatic imine (C=N–C) groups is 1. The van der Waals surface area contributed by atoms with Crippen LogP contribution < -0.4 is 15.5 Å². The van der Waals surface area contributed by atoms with Crippen molar-refractivity contribution in [3.8, 4) is 0 Å². The first-order chi connectivity index (χ1) is 13.4. The van der Waals surface area contributed by atoms with Gasteiger partial charge in [-0.15, -0.1) is 11.8 Å². The summed E-state index contributed by atoms with van der Waals surface area (Å²) in [6.45, 7) is 2.35. The molecule has 0 spiro atoms. The van der Waals surface area contributed by atoms with Crippen LogP contribution in [-0.2, 0) is 9.59 Å². The smallest absolute Gasteiger partial charge is 0.352 e. The molecule has 0 bridgehead atoms. The number of amides is 1. The fourth-order valence-electron chi connectivity index (χ4n) is 3.64. The summed E-state index contributed by atoms with van der Waals surface area (Å²) in [6.07, 6.45) is 0. The van der Waals surface area contributed by atoms with Crippen LogP contribution in [-0.4, -0.2) is 65.7 Å². The number of guanidine groups is 1. The standard InChI is InChI=1S/C19H23N5O3S/c1-10-9-28-17-14(16(25)24(17)15(10)18(26)27)22-19-20-8-13(21-19)11-4-6-12(7-5-11)23(2)3/h4-7,13-14,17H,8-9H2,1-3H3,(H,26,27)(H2,20,21,22)/t13?,14?,17-/m0/s1. The molecule has 2 unspecified atom stereocenters. The SMILES string of the molecule is CC1=C(C(=O)O)N2C(=O)C(NC3=NCC(c4ccc(N(C)C)cc4)N3)[C@@H]2SC1. The van der Waals surface area contributed by atoms with Crippen LogP contribution in [0.15, 0.2) is 40.5 Å². The van der Waals surface area contributed by atoms with E-state index in [-0.39, 0.29) is 23.0 Å². The van der Waals surface area contributed by atoms with Crippen LogP contribution >= 0.6 is 11.8 Å². The number of nitrogens with zero attached hydrogens (tertiary/aromatic N) is 3. The lowest BCUT2D eigenvalue weighted by molar-refractivity contribution is -0.148. The monoisotopic (exact) mass is 401 g/mol. The maximum atomic E-state index is 12.6. The maximum Gasteiger partial charge on any atom is 0.352 e. The second kappa shape index (κ2) is 7.05. The van der Waals surface area contributed by atoms with Crippen molar-refractivity contribution >= 4 is 35.3 Å². The lowest BCUT2D eigenvalue weighted by Crippen LogP contribution is -2.71. The highest BCUT2D eigenvalue weighted by atomic mass is 32.2. The van der Waals surface area contributed by atoms with Crippen LogP contribution in [0.2, 0.25) is 0 Å². The highest BCUT2D eigenvalue weighted by molar-refractivity contribution is 8.00. The molecular weight excluding hydrogens is 378 g/mol. The second-order valence-electron chi connectivity index (χ2n) is 7.34. The third-order valence-corrected chi connectivity index (χ3v) is 6.63. The molecule has 0 aromatic heterocycles. The average Bonchev–Trinajstić information content (AvgIpc) is 3.14. The van der Waals surface area contributed by atoms with Crippen molar-refractivity contribution in [2.45, 2.75) is 24.4 Å². The molecule has 148 valence electrons. The van der Waals surface area contributed by atoms with E-state index in [4.69, 9.17) is 0 Å². The van der Waals surface area contributed by atoms with Gasteiger partial charge in [0.15, 0.2) is 5.96 Å². The summed E-state index contributed by atoms with van der Waals surface area (Å²) < 4.78 is 0. The van der Waals surface area contributed by atoms with Gasteiger partial charge in [-0.2, -0.15) is 0 Å². The highest BCUT2D eigenvalue weighted by Gasteiger charge is 2.53. The zero-order valence-electron chi connectivity index (χ0n) is 16.0. The first kappa shape index (κ1) is 18.7. The van der Waals surface area contributed by atoms with E-state index in [1.165, 1.54) is 4.90 Å². The number of rotatable bonds is 4. The van der Waals surface area contributed by atoms with Crippen LogP contribution in [0.3, 0.4) is 0 Å². The molecule has 0 aliphatic carbocycles. The van der Waals surface area contributed by atoms with Gasteiger partial charge in [0.1, 0.15) is 17.1 Å². The van der Waals surface area contributed by atoms with Gasteiger partial charge in [0.25, 0.3) is 5.91 Å². The molecule has 3 atom stereocenters. The van der Waals surface area contributed by atoms with Crippen molar-refractivity contribution in [2.24, 2.45) is 4.99 Å². The number of hydrogen-bond acceptors (Lipinski definition) is 7. The molecule has 1 saturated heterocycles. The van der Waals surface area contributed by atoms with Gasteiger partial charge in [0.2, 0.25) is 0 Å². The zero-order valence-corrected chi connectivity index (χ0v) is 16.8. The number of aliphatic carboxylic acids is 1. The number of carbonyl (C=O) groups is 2. The molecule has 8 nitrogen and oxygen atoms in total. The number of fused-ring (bicyclic) bond motifs is 1. The summed E-state index contributed by atoms with van der Waals surface area (Å²) in [5.41, 5.74) is 3.10. The van der Waals surface area contributed by atoms with Gasteiger partial charge in [0, 0.05) is 25.5 Å². The Bertz CT molecular complexity index is 880. The van der Waals surface area contributed by atoms with Crippen LogP contribution in [0.25, 0.3) is 0 Å². The summed E-state index contributed by atoms with van der Waals surface area (Å²) in [5.74, 6) is -0.0810. The van der Waals surface area contributed by atoms with Crippen molar-refractivity contribution in [3.05, 3.63) is 41.1 Å². The minimum Gasteiger partial charge on any atom is -0.477 e. The molecule has 1 amide bonds. The molecule has 4 rings (SSSR count). The second-order valence-corrected chi connectivity index (χ2v) is 8.44. The molecular formula is C19H23N5O3S. The average molecular weight is 401 g/mol. The van der Waals surface area contributed by atoms with Gasteiger partial charge >= 0.3 is 5.97 Å². The Balaban J connectivity index is 1.39. The van der Waals surface area contributed by atoms with Gasteiger partial charge < -0.3 is 20.6 Å². The number of anilines is 1. The number of hydrogen-bond donors (Lipinski definition) is 3. The first-order valence-corrected chi connectivity index (χ1v) is 10.1. The summed E-state index contributed by atoms with van der Waals surface area (Å²) in [5, 5.41) is 15.7. The molecule has 28 heavy (non-hydrogen) atoms. The summed E-state index contributed by atoms with van der Waals surface area (Å²) in [7, 11) is 4.01. The number of carboxylic acid groups (broad SMARTS) is 1. The van der Waals surface area contributed by atoms with Crippen molar-refractivity contribution in [3.63, 3.8) is 0 Å². The van der Waals surface area contributed by atoms with E-state index < -0.39 is 12.0 Å². The van der Waals surface area contributed by atoms with Gasteiger partial charge in [-0.1, -0.05) is 12.1 Å². The van der Waals surface area contributed by atoms with E-state index in [0.717, 1.165) is 16.8 Å². The van der Waals surface area contributed by atoms with Crippen molar-refractivity contribution in [1.82, 2.24) is 15.5 Å². The Hall–Kier alpha value is -2.68. The van der Waals surface area contributed by atoms with Crippen LogP contribution in [0.1, 0.15) is 18.5 Å². The van der Waals surface area contributed by atoms with Gasteiger partial charge in [-0.05, 0) is 30.2 Å². The van der Waals surface area contributed by atoms with E-state index in [0.29, 0.717) is 18.3 Å². The Morgan fingerprint density at radius 1 is 1.36 bits per heavy atom. The van der Waals surface area contributed by atoms with Crippen molar-refractivity contribution in [1.29, 1.82) is 0 Å². The number of β-lactam (4-membered cyclic amide) rings is 1. The Kier molecular flexibility index (Phi) is 4.70. The summed E-state index contributed by atoms with van der Waals surface area (Å²) in [6, 6.07) is 7.87. The van der Waals surface area contributed by atoms with E-state index >= 15 is 0 Å². The predicted octanol–water partition coefficient (Wildman–Crippen LogP) is 0.985. The first-order valence-electron chi connectivity index (χ1n) is 9.09. The predicted molar refractivity (Wildman–Crippen MR) is 109 cm³/mol. The van der Waals surface area contributed by atoms with Crippen LogP contribution in [0.4, 0.5) is 5.69 Å². The molecule has 1 aromatic rings. The number of carboxylic acids is 1. The van der Waals surface area contributed by atoms with E-state index in [9.17, 15) is 14.7 Å². The lowest BCUT2D eigenvalue weighted by atomic mass is 10.0. The Morgan fingerprint density at radius 3 is 2.71 bits per heavy atom. The molecule has 1 fully saturated rings. The van der Waals surface area contributed by atoms with Crippen molar-refractivity contribution < 1.29 is 14.7 Å². The molecule has 3 heterocycles. The third kappa shape index (κ3) is 3.09. The number of benzene rings is 1. The molecule has 0 radical (unpaired) electrons. The summed E-state index contributed by atoms with van der Waals surface area (Å²) in [4.78, 5) is 32.0. The fraction of sp³-hybridized carbons (Fsp3) is 0.421. The van der Waals surface area contributed by atoms with Gasteiger partial charge in [-0.25, -0.2) is 4.79 Å². The molecule has 0 saturated carbocycles. The topological polar surface area (TPSA) is 97.3 Å². The van der Waals surface area contributed by atoms with E-state index in [1.54, 1.807) is 18.7 Å². The third-order valence-electron chi connectivity index (χ3n) is 5.21. The number of thioether (sulfide) groups is 1. The van der Waals surface area contributed by atoms with Crippen LogP contribution in [0, 0.1) is 0 Å². The quantitative estimate of drug-likeness (QED) is 0.647. The van der Waals surface area contributed by atoms with Gasteiger partial charge in [-0.3, -0.25) is 14.7 Å². The minimum atomic E-state index is -1.05. The molecule has 3 N–H and O–H groups in total. The molecule has 1 aromatic carbocycles. The Labute approximate surface area is 167 Å². The molecule has 9 heteroatoms. The van der Waals surface area contributed by atoms with Crippen molar-refractivity contribution in [2.75, 3.05) is 31.3 Å². The Morgan fingerprint density at radius 2 is 2.07 bits per heavy atom. The summed E-state index contributed by atoms with van der Waals surface area (Å²) >= 11 is 1.57. The minimum absolute atomic E-state index is 0.0562.